The fourth-order valence-corrected chi connectivity index (χ4v) is 4.66. The molecule has 24 heavy (non-hydrogen) atoms. The lowest BCUT2D eigenvalue weighted by molar-refractivity contribution is 0.0930. The van der Waals surface area contributed by atoms with Gasteiger partial charge in [0.2, 0.25) is 10.0 Å². The van der Waals surface area contributed by atoms with Gasteiger partial charge in [0, 0.05) is 30.0 Å². The highest BCUT2D eigenvalue weighted by Crippen LogP contribution is 2.20. The van der Waals surface area contributed by atoms with E-state index < -0.39 is 10.0 Å². The molecule has 2 heterocycles. The van der Waals surface area contributed by atoms with Crippen LogP contribution in [0.4, 0.5) is 0 Å². The largest absolute Gasteiger partial charge is 0.377 e. The summed E-state index contributed by atoms with van der Waals surface area (Å²) in [5.41, 5.74) is 0.870. The van der Waals surface area contributed by atoms with Crippen LogP contribution in [0.2, 0.25) is 0 Å². The van der Waals surface area contributed by atoms with Crippen LogP contribution >= 0.6 is 11.3 Å². The molecule has 1 aromatic heterocycles. The van der Waals surface area contributed by atoms with Crippen molar-refractivity contribution in [1.29, 1.82) is 0 Å². The number of thiophene rings is 1. The van der Waals surface area contributed by atoms with Crippen LogP contribution in [0.15, 0.2) is 53.3 Å². The van der Waals surface area contributed by atoms with Crippen molar-refractivity contribution >= 4 is 27.4 Å². The van der Waals surface area contributed by atoms with Gasteiger partial charge < -0.3 is 4.74 Å². The van der Waals surface area contributed by atoms with Gasteiger partial charge in [0.15, 0.2) is 0 Å². The van der Waals surface area contributed by atoms with Gasteiger partial charge in [-0.15, -0.1) is 11.3 Å². The topological polar surface area (TPSA) is 46.6 Å². The van der Waals surface area contributed by atoms with Gasteiger partial charge in [-0.2, -0.15) is 4.31 Å². The average Bonchev–Trinajstić information content (AvgIpc) is 3.27. The summed E-state index contributed by atoms with van der Waals surface area (Å²) in [7, 11) is -3.50. The molecule has 1 atom stereocenters. The highest BCUT2D eigenvalue weighted by atomic mass is 32.2. The second-order valence-electron chi connectivity index (χ2n) is 5.77. The van der Waals surface area contributed by atoms with E-state index in [1.807, 2.05) is 47.8 Å². The Kier molecular flexibility index (Phi) is 5.84. The molecule has 0 bridgehead atoms. The maximum Gasteiger partial charge on any atom is 0.236 e. The molecular weight excluding hydrogens is 342 g/mol. The van der Waals surface area contributed by atoms with Crippen LogP contribution in [0.1, 0.15) is 23.3 Å². The van der Waals surface area contributed by atoms with Crippen molar-refractivity contribution in [3.63, 3.8) is 0 Å². The molecule has 0 radical (unpaired) electrons. The molecule has 1 aromatic carbocycles. The van der Waals surface area contributed by atoms with Gasteiger partial charge in [-0.25, -0.2) is 8.42 Å². The summed E-state index contributed by atoms with van der Waals surface area (Å²) in [6.45, 7) is 1.51. The molecular formula is C18H21NO3S2. The molecule has 6 heteroatoms. The smallest absolute Gasteiger partial charge is 0.236 e. The highest BCUT2D eigenvalue weighted by Gasteiger charge is 2.26. The molecule has 1 aliphatic heterocycles. The van der Waals surface area contributed by atoms with Crippen molar-refractivity contribution in [2.24, 2.45) is 0 Å². The molecule has 2 aromatic rings. The highest BCUT2D eigenvalue weighted by molar-refractivity contribution is 7.92. The Hall–Kier alpha value is -1.47. The Morgan fingerprint density at radius 1 is 1.21 bits per heavy atom. The Morgan fingerprint density at radius 2 is 2.04 bits per heavy atom. The summed E-state index contributed by atoms with van der Waals surface area (Å²) in [6, 6.07) is 13.4. The Bertz CT molecular complexity index is 749. The molecule has 0 amide bonds. The van der Waals surface area contributed by atoms with E-state index in [1.54, 1.807) is 17.4 Å². The van der Waals surface area contributed by atoms with E-state index in [1.165, 1.54) is 9.71 Å². The van der Waals surface area contributed by atoms with Crippen molar-refractivity contribution in [2.75, 3.05) is 13.2 Å². The molecule has 0 N–H and O–H groups in total. The number of nitrogens with zero attached hydrogens (tertiary/aromatic N) is 1. The maximum atomic E-state index is 12.8. The summed E-state index contributed by atoms with van der Waals surface area (Å²) in [6.07, 6.45) is 3.55. The lowest BCUT2D eigenvalue weighted by atomic mass is 10.2. The van der Waals surface area contributed by atoms with Crippen LogP contribution in [0, 0.1) is 0 Å². The second-order valence-corrected chi connectivity index (χ2v) is 8.62. The van der Waals surface area contributed by atoms with Crippen LogP contribution in [0.5, 0.6) is 0 Å². The number of benzene rings is 1. The summed E-state index contributed by atoms with van der Waals surface area (Å²) in [5.74, 6) is 0. The number of hydrogen-bond donors (Lipinski definition) is 0. The quantitative estimate of drug-likeness (QED) is 0.753. The van der Waals surface area contributed by atoms with Crippen molar-refractivity contribution in [3.8, 4) is 0 Å². The maximum absolute atomic E-state index is 12.8. The molecule has 0 spiro atoms. The molecule has 1 aliphatic rings. The number of sulfonamides is 1. The van der Waals surface area contributed by atoms with Crippen LogP contribution in [-0.4, -0.2) is 32.0 Å². The van der Waals surface area contributed by atoms with E-state index >= 15 is 0 Å². The Labute approximate surface area is 147 Å². The molecule has 0 saturated carbocycles. The van der Waals surface area contributed by atoms with Crippen molar-refractivity contribution in [1.82, 2.24) is 4.31 Å². The zero-order valence-corrected chi connectivity index (χ0v) is 15.0. The molecule has 3 rings (SSSR count). The standard InChI is InChI=1S/C18H21NO3S2/c20-24(21,13-10-16-6-2-1-3-7-16)19(14-17-8-4-11-22-17)15-18-9-5-12-23-18/h1-3,5-7,9-10,12-13,17H,4,8,11,14-15H2/b13-10+. The van der Waals surface area contributed by atoms with Gasteiger partial charge in [0.05, 0.1) is 6.10 Å². The van der Waals surface area contributed by atoms with Crippen molar-refractivity contribution in [3.05, 3.63) is 63.7 Å². The van der Waals surface area contributed by atoms with Gasteiger partial charge in [-0.1, -0.05) is 36.4 Å². The molecule has 1 fully saturated rings. The van der Waals surface area contributed by atoms with Crippen molar-refractivity contribution < 1.29 is 13.2 Å². The van der Waals surface area contributed by atoms with Gasteiger partial charge in [-0.3, -0.25) is 0 Å². The minimum absolute atomic E-state index is 0.00939. The first-order valence-corrected chi connectivity index (χ1v) is 10.4. The molecule has 1 unspecified atom stereocenters. The van der Waals surface area contributed by atoms with E-state index in [2.05, 4.69) is 0 Å². The predicted molar refractivity (Wildman–Crippen MR) is 98.1 cm³/mol. The third kappa shape index (κ3) is 4.77. The fraction of sp³-hybridized carbons (Fsp3) is 0.333. The van der Waals surface area contributed by atoms with Crippen LogP contribution < -0.4 is 0 Å². The second kappa shape index (κ2) is 8.07. The summed E-state index contributed by atoms with van der Waals surface area (Å²) >= 11 is 1.57. The minimum Gasteiger partial charge on any atom is -0.377 e. The van der Waals surface area contributed by atoms with Gasteiger partial charge >= 0.3 is 0 Å². The van der Waals surface area contributed by atoms with E-state index in [4.69, 9.17) is 4.74 Å². The first-order valence-electron chi connectivity index (χ1n) is 8.01. The average molecular weight is 364 g/mol. The van der Waals surface area contributed by atoms with Crippen molar-refractivity contribution in [2.45, 2.75) is 25.5 Å². The minimum atomic E-state index is -3.50. The lowest BCUT2D eigenvalue weighted by Crippen LogP contribution is -2.35. The predicted octanol–water partition coefficient (Wildman–Crippen LogP) is 3.73. The first-order chi connectivity index (χ1) is 11.6. The zero-order valence-electron chi connectivity index (χ0n) is 13.4. The molecule has 0 aliphatic carbocycles. The summed E-state index contributed by atoms with van der Waals surface area (Å²) < 4.78 is 32.8. The van der Waals surface area contributed by atoms with Crippen LogP contribution in [-0.2, 0) is 21.3 Å². The third-order valence-corrected chi connectivity index (χ3v) is 6.27. The van der Waals surface area contributed by atoms with Crippen LogP contribution in [0.25, 0.3) is 6.08 Å². The SMILES string of the molecule is O=S(=O)(/C=C/c1ccccc1)N(Cc1cccs1)CC1CCCO1. The molecule has 4 nitrogen and oxygen atoms in total. The van der Waals surface area contributed by atoms with Crippen LogP contribution in [0.3, 0.4) is 0 Å². The molecule has 128 valence electrons. The lowest BCUT2D eigenvalue weighted by Gasteiger charge is -2.22. The van der Waals surface area contributed by atoms with E-state index in [-0.39, 0.29) is 6.10 Å². The normalized spacial score (nSPS) is 18.6. The van der Waals surface area contributed by atoms with Gasteiger partial charge in [0.25, 0.3) is 0 Å². The van der Waals surface area contributed by atoms with Gasteiger partial charge in [-0.05, 0) is 35.9 Å². The fourth-order valence-electron chi connectivity index (χ4n) is 2.66. The summed E-state index contributed by atoms with van der Waals surface area (Å²) in [5, 5.41) is 3.26. The number of hydrogen-bond acceptors (Lipinski definition) is 4. The molecule has 1 saturated heterocycles. The summed E-state index contributed by atoms with van der Waals surface area (Å²) in [4.78, 5) is 1.03. The number of ether oxygens (including phenoxy) is 1. The Morgan fingerprint density at radius 3 is 2.71 bits per heavy atom. The van der Waals surface area contributed by atoms with E-state index in [9.17, 15) is 8.42 Å². The number of rotatable bonds is 7. The third-order valence-electron chi connectivity index (χ3n) is 3.94. The monoisotopic (exact) mass is 363 g/mol. The van der Waals surface area contributed by atoms with E-state index in [0.717, 1.165) is 29.9 Å². The zero-order chi connectivity index (χ0) is 16.8. The first kappa shape index (κ1) is 17.4. The van der Waals surface area contributed by atoms with E-state index in [0.29, 0.717) is 13.1 Å². The Balaban J connectivity index is 1.77. The van der Waals surface area contributed by atoms with Gasteiger partial charge in [0.1, 0.15) is 0 Å².